The van der Waals surface area contributed by atoms with E-state index >= 15 is 0 Å². The predicted octanol–water partition coefficient (Wildman–Crippen LogP) is 1.40. The van der Waals surface area contributed by atoms with Crippen LogP contribution >= 0.6 is 0 Å². The van der Waals surface area contributed by atoms with Crippen molar-refractivity contribution in [1.29, 1.82) is 0 Å². The van der Waals surface area contributed by atoms with Gasteiger partial charge in [-0.05, 0) is 38.4 Å². The third-order valence-electron chi connectivity index (χ3n) is 4.10. The molecule has 21 heavy (non-hydrogen) atoms. The summed E-state index contributed by atoms with van der Waals surface area (Å²) in [5.41, 5.74) is 3.12. The van der Waals surface area contributed by atoms with Crippen molar-refractivity contribution in [2.75, 3.05) is 26.2 Å². The van der Waals surface area contributed by atoms with Gasteiger partial charge in [-0.3, -0.25) is 4.79 Å². The van der Waals surface area contributed by atoms with E-state index in [0.29, 0.717) is 6.42 Å². The molecule has 3 heterocycles. The number of nitrogens with zero attached hydrogens (tertiary/aromatic N) is 3. The molecule has 1 N–H and O–H groups in total. The highest BCUT2D eigenvalue weighted by Gasteiger charge is 2.16. The number of carbonyl (C=O) groups excluding carboxylic acids is 1. The minimum absolute atomic E-state index is 0.254. The van der Waals surface area contributed by atoms with Crippen molar-refractivity contribution < 1.29 is 4.79 Å². The van der Waals surface area contributed by atoms with Crippen molar-refractivity contribution in [3.8, 4) is 0 Å². The standard InChI is InChI=1S/C16H22N4O/c1-13-14(20-11-3-2-5-15(20)18-13)6-7-16(21)19-10-4-8-17-9-12-19/h2-3,5,11,17H,4,6-10,12H2,1H3. The van der Waals surface area contributed by atoms with Gasteiger partial charge in [-0.25, -0.2) is 4.98 Å². The third kappa shape index (κ3) is 3.08. The molecule has 1 aliphatic heterocycles. The fourth-order valence-electron chi connectivity index (χ4n) is 2.94. The Hall–Kier alpha value is -1.88. The summed E-state index contributed by atoms with van der Waals surface area (Å²) in [6.45, 7) is 5.63. The lowest BCUT2D eigenvalue weighted by Gasteiger charge is -2.19. The summed E-state index contributed by atoms with van der Waals surface area (Å²) in [5, 5.41) is 3.33. The molecule has 0 saturated carbocycles. The molecular weight excluding hydrogens is 264 g/mol. The van der Waals surface area contributed by atoms with Crippen LogP contribution < -0.4 is 5.32 Å². The average molecular weight is 286 g/mol. The number of rotatable bonds is 3. The van der Waals surface area contributed by atoms with Crippen LogP contribution in [0.3, 0.4) is 0 Å². The van der Waals surface area contributed by atoms with Gasteiger partial charge in [0.1, 0.15) is 5.65 Å². The zero-order valence-electron chi connectivity index (χ0n) is 12.5. The van der Waals surface area contributed by atoms with Gasteiger partial charge in [0.2, 0.25) is 5.91 Å². The fraction of sp³-hybridized carbons (Fsp3) is 0.500. The molecule has 1 amide bonds. The number of amides is 1. The number of aryl methyl sites for hydroxylation is 2. The maximum atomic E-state index is 12.4. The second-order valence-electron chi connectivity index (χ2n) is 5.56. The van der Waals surface area contributed by atoms with Gasteiger partial charge in [0, 0.05) is 37.9 Å². The summed E-state index contributed by atoms with van der Waals surface area (Å²) in [6, 6.07) is 5.99. The average Bonchev–Trinajstić information content (AvgIpc) is 2.68. The molecule has 0 radical (unpaired) electrons. The summed E-state index contributed by atoms with van der Waals surface area (Å²) in [4.78, 5) is 18.9. The molecule has 0 bridgehead atoms. The van der Waals surface area contributed by atoms with Gasteiger partial charge in [-0.2, -0.15) is 0 Å². The van der Waals surface area contributed by atoms with E-state index in [1.54, 1.807) is 0 Å². The van der Waals surface area contributed by atoms with Gasteiger partial charge in [0.05, 0.1) is 5.69 Å². The molecule has 5 heteroatoms. The van der Waals surface area contributed by atoms with Crippen molar-refractivity contribution in [3.63, 3.8) is 0 Å². The highest BCUT2D eigenvalue weighted by molar-refractivity contribution is 5.76. The van der Waals surface area contributed by atoms with Crippen molar-refractivity contribution in [2.45, 2.75) is 26.2 Å². The molecular formula is C16H22N4O. The smallest absolute Gasteiger partial charge is 0.223 e. The topological polar surface area (TPSA) is 49.6 Å². The zero-order chi connectivity index (χ0) is 14.7. The number of hydrogen-bond donors (Lipinski definition) is 1. The van der Waals surface area contributed by atoms with E-state index in [1.165, 1.54) is 0 Å². The molecule has 5 nitrogen and oxygen atoms in total. The maximum absolute atomic E-state index is 12.4. The fourth-order valence-corrected chi connectivity index (χ4v) is 2.94. The molecule has 0 spiro atoms. The van der Waals surface area contributed by atoms with Crippen LogP contribution in [0.25, 0.3) is 5.65 Å². The lowest BCUT2D eigenvalue weighted by atomic mass is 10.2. The van der Waals surface area contributed by atoms with Gasteiger partial charge in [-0.15, -0.1) is 0 Å². The molecule has 112 valence electrons. The van der Waals surface area contributed by atoms with Crippen LogP contribution in [0.5, 0.6) is 0 Å². The van der Waals surface area contributed by atoms with Crippen molar-refractivity contribution in [1.82, 2.24) is 19.6 Å². The minimum Gasteiger partial charge on any atom is -0.341 e. The first-order valence-corrected chi connectivity index (χ1v) is 7.67. The van der Waals surface area contributed by atoms with E-state index in [0.717, 1.165) is 56.1 Å². The number of carbonyl (C=O) groups is 1. The third-order valence-corrected chi connectivity index (χ3v) is 4.10. The molecule has 0 aromatic carbocycles. The SMILES string of the molecule is Cc1nc2ccccn2c1CCC(=O)N1CCCNCC1. The Morgan fingerprint density at radius 3 is 3.14 bits per heavy atom. The monoisotopic (exact) mass is 286 g/mol. The van der Waals surface area contributed by atoms with Crippen LogP contribution in [0.15, 0.2) is 24.4 Å². The first kappa shape index (κ1) is 14.1. The summed E-state index contributed by atoms with van der Waals surface area (Å²) >= 11 is 0. The normalized spacial score (nSPS) is 16.1. The van der Waals surface area contributed by atoms with Crippen LogP contribution in [0.2, 0.25) is 0 Å². The molecule has 0 atom stereocenters. The molecule has 0 unspecified atom stereocenters. The van der Waals surface area contributed by atoms with Crippen LogP contribution in [-0.2, 0) is 11.2 Å². The predicted molar refractivity (Wildman–Crippen MR) is 82.3 cm³/mol. The second kappa shape index (κ2) is 6.26. The van der Waals surface area contributed by atoms with Crippen LogP contribution in [-0.4, -0.2) is 46.4 Å². The van der Waals surface area contributed by atoms with E-state index in [4.69, 9.17) is 0 Å². The number of fused-ring (bicyclic) bond motifs is 1. The van der Waals surface area contributed by atoms with Crippen molar-refractivity contribution in [2.24, 2.45) is 0 Å². The quantitative estimate of drug-likeness (QED) is 0.928. The summed E-state index contributed by atoms with van der Waals surface area (Å²) < 4.78 is 2.09. The summed E-state index contributed by atoms with van der Waals surface area (Å²) in [6.07, 6.45) is 4.37. The van der Waals surface area contributed by atoms with E-state index in [9.17, 15) is 4.79 Å². The van der Waals surface area contributed by atoms with E-state index in [1.807, 2.05) is 36.2 Å². The van der Waals surface area contributed by atoms with Crippen LogP contribution in [0.1, 0.15) is 24.2 Å². The van der Waals surface area contributed by atoms with Gasteiger partial charge >= 0.3 is 0 Å². The highest BCUT2D eigenvalue weighted by Crippen LogP contribution is 2.14. The van der Waals surface area contributed by atoms with E-state index < -0.39 is 0 Å². The molecule has 2 aromatic heterocycles. The van der Waals surface area contributed by atoms with Crippen molar-refractivity contribution in [3.05, 3.63) is 35.8 Å². The molecule has 3 rings (SSSR count). The number of aromatic nitrogens is 2. The maximum Gasteiger partial charge on any atom is 0.223 e. The Kier molecular flexibility index (Phi) is 4.20. The molecule has 1 aliphatic rings. The van der Waals surface area contributed by atoms with Gasteiger partial charge in [-0.1, -0.05) is 6.07 Å². The van der Waals surface area contributed by atoms with Crippen LogP contribution in [0, 0.1) is 6.92 Å². The van der Waals surface area contributed by atoms with Gasteiger partial charge in [0.25, 0.3) is 0 Å². The van der Waals surface area contributed by atoms with Gasteiger partial charge < -0.3 is 14.6 Å². The lowest BCUT2D eigenvalue weighted by molar-refractivity contribution is -0.130. The largest absolute Gasteiger partial charge is 0.341 e. The Labute approximate surface area is 125 Å². The zero-order valence-corrected chi connectivity index (χ0v) is 12.5. The second-order valence-corrected chi connectivity index (χ2v) is 5.56. The number of pyridine rings is 1. The number of nitrogens with one attached hydrogen (secondary N) is 1. The van der Waals surface area contributed by atoms with E-state index in [2.05, 4.69) is 14.7 Å². The number of imidazole rings is 1. The Morgan fingerprint density at radius 2 is 2.24 bits per heavy atom. The van der Waals surface area contributed by atoms with E-state index in [-0.39, 0.29) is 5.91 Å². The first-order chi connectivity index (χ1) is 10.3. The Morgan fingerprint density at radius 1 is 1.33 bits per heavy atom. The Balaban J connectivity index is 1.68. The molecule has 1 saturated heterocycles. The lowest BCUT2D eigenvalue weighted by Crippen LogP contribution is -2.34. The molecule has 1 fully saturated rings. The number of hydrogen-bond acceptors (Lipinski definition) is 3. The molecule has 2 aromatic rings. The minimum atomic E-state index is 0.254. The molecule has 0 aliphatic carbocycles. The summed E-state index contributed by atoms with van der Waals surface area (Å²) in [7, 11) is 0. The van der Waals surface area contributed by atoms with Gasteiger partial charge in [0.15, 0.2) is 0 Å². The highest BCUT2D eigenvalue weighted by atomic mass is 16.2. The van der Waals surface area contributed by atoms with Crippen LogP contribution in [0.4, 0.5) is 0 Å². The first-order valence-electron chi connectivity index (χ1n) is 7.67. The Bertz CT molecular complexity index is 626. The van der Waals surface area contributed by atoms with Crippen molar-refractivity contribution >= 4 is 11.6 Å². The summed E-state index contributed by atoms with van der Waals surface area (Å²) in [5.74, 6) is 0.254.